The van der Waals surface area contributed by atoms with Crippen LogP contribution in [0.2, 0.25) is 0 Å². The Balaban J connectivity index is 2.58. The third kappa shape index (κ3) is 3.87. The minimum absolute atomic E-state index is 0.124. The normalized spacial score (nSPS) is 11.4. The van der Waals surface area contributed by atoms with E-state index in [-0.39, 0.29) is 11.4 Å². The van der Waals surface area contributed by atoms with E-state index in [1.807, 2.05) is 0 Å². The Bertz CT molecular complexity index is 345. The van der Waals surface area contributed by atoms with Crippen LogP contribution >= 0.6 is 11.3 Å². The molecule has 0 saturated carbocycles. The van der Waals surface area contributed by atoms with Crippen molar-refractivity contribution in [2.24, 2.45) is 16.5 Å². The molecular weight excluding hydrogens is 208 g/mol. The summed E-state index contributed by atoms with van der Waals surface area (Å²) >= 11 is 1.69. The number of aromatic nitrogens is 1. The van der Waals surface area contributed by atoms with Crippen molar-refractivity contribution >= 4 is 17.3 Å². The summed E-state index contributed by atoms with van der Waals surface area (Å²) in [6.45, 7) is 7.08. The summed E-state index contributed by atoms with van der Waals surface area (Å²) in [5.41, 5.74) is 11.7. The van der Waals surface area contributed by atoms with Crippen LogP contribution in [0.4, 0.5) is 0 Å². The topological polar surface area (TPSA) is 77.3 Å². The van der Waals surface area contributed by atoms with Gasteiger partial charge in [0.15, 0.2) is 5.96 Å². The maximum Gasteiger partial charge on any atom is 0.185 e. The lowest BCUT2D eigenvalue weighted by molar-refractivity contribution is 0.583. The Morgan fingerprint density at radius 2 is 2.13 bits per heavy atom. The Kier molecular flexibility index (Phi) is 3.68. The number of hydrogen-bond donors (Lipinski definition) is 2. The molecule has 5 heteroatoms. The van der Waals surface area contributed by atoms with Crippen molar-refractivity contribution in [2.45, 2.75) is 32.6 Å². The first-order valence-electron chi connectivity index (χ1n) is 4.90. The van der Waals surface area contributed by atoms with Crippen LogP contribution in [0.25, 0.3) is 0 Å². The van der Waals surface area contributed by atoms with Gasteiger partial charge in [0.2, 0.25) is 0 Å². The smallest absolute Gasteiger partial charge is 0.185 e. The summed E-state index contributed by atoms with van der Waals surface area (Å²) in [5.74, 6) is 0.140. The molecule has 84 valence electrons. The second kappa shape index (κ2) is 4.61. The number of guanidine groups is 1. The lowest BCUT2D eigenvalue weighted by Gasteiger charge is -2.13. The third-order valence-electron chi connectivity index (χ3n) is 1.86. The molecule has 0 radical (unpaired) electrons. The van der Waals surface area contributed by atoms with Crippen molar-refractivity contribution < 1.29 is 0 Å². The van der Waals surface area contributed by atoms with Crippen molar-refractivity contribution in [1.82, 2.24) is 4.98 Å². The molecule has 4 nitrogen and oxygen atoms in total. The first-order valence-corrected chi connectivity index (χ1v) is 5.78. The molecule has 15 heavy (non-hydrogen) atoms. The lowest BCUT2D eigenvalue weighted by atomic mass is 9.98. The van der Waals surface area contributed by atoms with E-state index >= 15 is 0 Å². The molecule has 0 aromatic carbocycles. The third-order valence-corrected chi connectivity index (χ3v) is 3.17. The summed E-state index contributed by atoms with van der Waals surface area (Å²) in [7, 11) is 0. The van der Waals surface area contributed by atoms with Gasteiger partial charge in [-0.25, -0.2) is 4.98 Å². The molecule has 0 saturated heterocycles. The van der Waals surface area contributed by atoms with Crippen LogP contribution in [-0.2, 0) is 11.8 Å². The number of rotatable bonds is 3. The monoisotopic (exact) mass is 226 g/mol. The number of nitrogens with zero attached hydrogens (tertiary/aromatic N) is 2. The first kappa shape index (κ1) is 12.0. The van der Waals surface area contributed by atoms with E-state index in [0.29, 0.717) is 6.54 Å². The fraction of sp³-hybridized carbons (Fsp3) is 0.600. The maximum absolute atomic E-state index is 5.24. The summed E-state index contributed by atoms with van der Waals surface area (Å²) < 4.78 is 0. The predicted molar refractivity (Wildman–Crippen MR) is 65.2 cm³/mol. The van der Waals surface area contributed by atoms with Crippen LogP contribution in [0.3, 0.4) is 0 Å². The molecule has 0 spiro atoms. The summed E-state index contributed by atoms with van der Waals surface area (Å²) in [6, 6.07) is 0. The van der Waals surface area contributed by atoms with E-state index in [1.165, 1.54) is 0 Å². The fourth-order valence-corrected chi connectivity index (χ4v) is 2.01. The van der Waals surface area contributed by atoms with E-state index in [4.69, 9.17) is 11.5 Å². The van der Waals surface area contributed by atoms with Gasteiger partial charge in [0.05, 0.1) is 10.7 Å². The van der Waals surface area contributed by atoms with Gasteiger partial charge in [-0.3, -0.25) is 4.99 Å². The highest BCUT2D eigenvalue weighted by atomic mass is 32.1. The molecule has 0 aliphatic carbocycles. The van der Waals surface area contributed by atoms with Gasteiger partial charge >= 0.3 is 0 Å². The average molecular weight is 226 g/mol. The van der Waals surface area contributed by atoms with E-state index in [0.717, 1.165) is 17.1 Å². The molecule has 0 aliphatic rings. The Morgan fingerprint density at radius 1 is 1.47 bits per heavy atom. The predicted octanol–water partition coefficient (Wildman–Crippen LogP) is 1.26. The number of thiazole rings is 1. The minimum atomic E-state index is 0.124. The second-order valence-electron chi connectivity index (χ2n) is 4.45. The molecule has 1 aromatic rings. The first-order chi connectivity index (χ1) is 6.89. The molecule has 1 rings (SSSR count). The zero-order chi connectivity index (χ0) is 11.5. The Morgan fingerprint density at radius 3 is 2.60 bits per heavy atom. The van der Waals surface area contributed by atoms with Gasteiger partial charge < -0.3 is 11.5 Å². The summed E-state index contributed by atoms with van der Waals surface area (Å²) in [4.78, 5) is 8.47. The molecule has 4 N–H and O–H groups in total. The quantitative estimate of drug-likeness (QED) is 0.601. The zero-order valence-electron chi connectivity index (χ0n) is 9.45. The zero-order valence-corrected chi connectivity index (χ0v) is 10.3. The molecule has 1 aromatic heterocycles. The van der Waals surface area contributed by atoms with Gasteiger partial charge in [-0.1, -0.05) is 20.8 Å². The van der Waals surface area contributed by atoms with Gasteiger partial charge in [-0.15, -0.1) is 11.3 Å². The molecule has 0 bridgehead atoms. The molecule has 0 atom stereocenters. The van der Waals surface area contributed by atoms with Crippen LogP contribution in [-0.4, -0.2) is 17.5 Å². The number of nitrogens with two attached hydrogens (primary N) is 2. The van der Waals surface area contributed by atoms with E-state index < -0.39 is 0 Å². The molecule has 0 aliphatic heterocycles. The highest BCUT2D eigenvalue weighted by Gasteiger charge is 2.17. The van der Waals surface area contributed by atoms with Crippen molar-refractivity contribution in [3.63, 3.8) is 0 Å². The largest absolute Gasteiger partial charge is 0.370 e. The second-order valence-corrected chi connectivity index (χ2v) is 5.31. The fourth-order valence-electron chi connectivity index (χ4n) is 1.07. The van der Waals surface area contributed by atoms with Crippen LogP contribution in [0.15, 0.2) is 10.4 Å². The van der Waals surface area contributed by atoms with Gasteiger partial charge in [-0.2, -0.15) is 0 Å². The Labute approximate surface area is 94.4 Å². The SMILES string of the molecule is CC(C)(C)c1nc(CCN=C(N)N)cs1. The average Bonchev–Trinajstić information content (AvgIpc) is 2.51. The molecular formula is C10H18N4S. The van der Waals surface area contributed by atoms with E-state index in [2.05, 4.69) is 36.1 Å². The van der Waals surface area contributed by atoms with Gasteiger partial charge in [0.25, 0.3) is 0 Å². The van der Waals surface area contributed by atoms with Crippen LogP contribution < -0.4 is 11.5 Å². The van der Waals surface area contributed by atoms with E-state index in [9.17, 15) is 0 Å². The van der Waals surface area contributed by atoms with Crippen molar-refractivity contribution in [3.05, 3.63) is 16.1 Å². The van der Waals surface area contributed by atoms with Crippen molar-refractivity contribution in [2.75, 3.05) is 6.54 Å². The summed E-state index contributed by atoms with van der Waals surface area (Å²) in [6.07, 6.45) is 0.796. The van der Waals surface area contributed by atoms with Crippen LogP contribution in [0.5, 0.6) is 0 Å². The highest BCUT2D eigenvalue weighted by Crippen LogP contribution is 2.25. The summed E-state index contributed by atoms with van der Waals surface area (Å²) in [5, 5.41) is 3.23. The Hall–Kier alpha value is -1.10. The van der Waals surface area contributed by atoms with Gasteiger partial charge in [0, 0.05) is 23.8 Å². The molecule has 0 amide bonds. The minimum Gasteiger partial charge on any atom is -0.370 e. The number of hydrogen-bond acceptors (Lipinski definition) is 3. The van der Waals surface area contributed by atoms with Gasteiger partial charge in [-0.05, 0) is 0 Å². The standard InChI is InChI=1S/C10H18N4S/c1-10(2,3)8-14-7(6-15-8)4-5-13-9(11)12/h6H,4-5H2,1-3H3,(H4,11,12,13). The lowest BCUT2D eigenvalue weighted by Crippen LogP contribution is -2.23. The molecule has 1 heterocycles. The van der Waals surface area contributed by atoms with Crippen LogP contribution in [0, 0.1) is 0 Å². The molecule has 0 unspecified atom stereocenters. The maximum atomic E-state index is 5.24. The van der Waals surface area contributed by atoms with Gasteiger partial charge in [0.1, 0.15) is 0 Å². The highest BCUT2D eigenvalue weighted by molar-refractivity contribution is 7.09. The van der Waals surface area contributed by atoms with Crippen LogP contribution in [0.1, 0.15) is 31.5 Å². The van der Waals surface area contributed by atoms with E-state index in [1.54, 1.807) is 11.3 Å². The van der Waals surface area contributed by atoms with Crippen molar-refractivity contribution in [3.8, 4) is 0 Å². The van der Waals surface area contributed by atoms with Crippen molar-refractivity contribution in [1.29, 1.82) is 0 Å². The molecule has 0 fully saturated rings. The number of aliphatic imine (C=N–C) groups is 1.